The molecular weight excluding hydrogens is 174 g/mol. The van der Waals surface area contributed by atoms with Crippen molar-refractivity contribution < 1.29 is 4.74 Å². The van der Waals surface area contributed by atoms with E-state index in [9.17, 15) is 0 Å². The van der Waals surface area contributed by atoms with Crippen molar-refractivity contribution in [3.63, 3.8) is 0 Å². The van der Waals surface area contributed by atoms with E-state index >= 15 is 0 Å². The minimum absolute atomic E-state index is 0.251. The van der Waals surface area contributed by atoms with Gasteiger partial charge in [-0.2, -0.15) is 0 Å². The first kappa shape index (κ1) is 11.4. The fourth-order valence-electron chi connectivity index (χ4n) is 1.72. The van der Waals surface area contributed by atoms with E-state index in [2.05, 4.69) is 6.58 Å². The predicted octanol–water partition coefficient (Wildman–Crippen LogP) is 3.18. The molecule has 2 nitrogen and oxygen atoms in total. The molecule has 1 aliphatic carbocycles. The summed E-state index contributed by atoms with van der Waals surface area (Å²) in [6.45, 7) is 6.74. The van der Waals surface area contributed by atoms with Crippen LogP contribution in [0.1, 0.15) is 39.0 Å². The van der Waals surface area contributed by atoms with E-state index in [0.29, 0.717) is 12.7 Å². The molecule has 1 unspecified atom stereocenters. The zero-order chi connectivity index (χ0) is 10.4. The van der Waals surface area contributed by atoms with Gasteiger partial charge in [0.1, 0.15) is 0 Å². The topological polar surface area (TPSA) is 33.1 Å². The van der Waals surface area contributed by atoms with Gasteiger partial charge in [0.05, 0.1) is 12.7 Å². The molecule has 0 amide bonds. The van der Waals surface area contributed by atoms with Crippen LogP contribution in [0.25, 0.3) is 0 Å². The summed E-state index contributed by atoms with van der Waals surface area (Å²) in [4.78, 5) is 0. The van der Waals surface area contributed by atoms with Crippen LogP contribution in [-0.4, -0.2) is 18.9 Å². The second-order valence-electron chi connectivity index (χ2n) is 4.28. The van der Waals surface area contributed by atoms with Crippen molar-refractivity contribution in [2.45, 2.75) is 45.1 Å². The van der Waals surface area contributed by atoms with Gasteiger partial charge in [-0.1, -0.05) is 19.1 Å². The van der Waals surface area contributed by atoms with Gasteiger partial charge < -0.3 is 10.1 Å². The van der Waals surface area contributed by atoms with Crippen LogP contribution < -0.4 is 0 Å². The molecule has 0 radical (unpaired) electrons. The molecule has 0 aromatic heterocycles. The zero-order valence-electron chi connectivity index (χ0n) is 9.09. The van der Waals surface area contributed by atoms with Crippen LogP contribution in [0.3, 0.4) is 0 Å². The Labute approximate surface area is 86.9 Å². The van der Waals surface area contributed by atoms with Gasteiger partial charge in [-0.25, -0.2) is 0 Å². The van der Waals surface area contributed by atoms with Crippen molar-refractivity contribution in [1.29, 1.82) is 5.41 Å². The molecular formula is C12H21NO. The minimum Gasteiger partial charge on any atom is -0.378 e. The fourth-order valence-corrected chi connectivity index (χ4v) is 1.72. The minimum atomic E-state index is 0.251. The van der Waals surface area contributed by atoms with Crippen molar-refractivity contribution in [2.24, 2.45) is 5.92 Å². The molecule has 0 saturated heterocycles. The lowest BCUT2D eigenvalue weighted by Crippen LogP contribution is -2.16. The first-order chi connectivity index (χ1) is 6.72. The van der Waals surface area contributed by atoms with Gasteiger partial charge in [-0.3, -0.25) is 0 Å². The number of allylic oxidation sites excluding steroid dienone is 1. The summed E-state index contributed by atoms with van der Waals surface area (Å²) < 4.78 is 5.77. The van der Waals surface area contributed by atoms with Crippen LogP contribution >= 0.6 is 0 Å². The Morgan fingerprint density at radius 3 is 3.07 bits per heavy atom. The Morgan fingerprint density at radius 2 is 2.36 bits per heavy atom. The molecule has 0 spiro atoms. The molecule has 0 aliphatic heterocycles. The van der Waals surface area contributed by atoms with Gasteiger partial charge in [0, 0.05) is 12.1 Å². The van der Waals surface area contributed by atoms with Crippen molar-refractivity contribution >= 4 is 6.21 Å². The van der Waals surface area contributed by atoms with Gasteiger partial charge in [0.15, 0.2) is 0 Å². The number of hydrogen-bond donors (Lipinski definition) is 1. The van der Waals surface area contributed by atoms with Crippen molar-refractivity contribution in [2.75, 3.05) is 6.61 Å². The monoisotopic (exact) mass is 195 g/mol. The Morgan fingerprint density at radius 1 is 1.57 bits per heavy atom. The SMILES string of the molecule is C=C1CCCC(OC[C@H](C)C=N)CC1. The van der Waals surface area contributed by atoms with Crippen molar-refractivity contribution in [3.8, 4) is 0 Å². The Bertz CT molecular complexity index is 200. The molecule has 1 aliphatic rings. The van der Waals surface area contributed by atoms with Crippen molar-refractivity contribution in [3.05, 3.63) is 12.2 Å². The molecule has 0 bridgehead atoms. The molecule has 14 heavy (non-hydrogen) atoms. The van der Waals surface area contributed by atoms with E-state index in [4.69, 9.17) is 10.1 Å². The van der Waals surface area contributed by atoms with E-state index in [1.807, 2.05) is 6.92 Å². The van der Waals surface area contributed by atoms with E-state index in [1.54, 1.807) is 0 Å². The zero-order valence-corrected chi connectivity index (χ0v) is 9.09. The highest BCUT2D eigenvalue weighted by Crippen LogP contribution is 2.23. The lowest BCUT2D eigenvalue weighted by Gasteiger charge is -2.16. The number of nitrogens with one attached hydrogen (secondary N) is 1. The Hall–Kier alpha value is -0.630. The maximum atomic E-state index is 7.08. The van der Waals surface area contributed by atoms with E-state index in [1.165, 1.54) is 24.6 Å². The number of hydrogen-bond acceptors (Lipinski definition) is 2. The molecule has 1 rings (SSSR count). The third-order valence-corrected chi connectivity index (χ3v) is 2.76. The highest BCUT2D eigenvalue weighted by molar-refractivity contribution is 5.56. The standard InChI is InChI=1S/C12H21NO/c1-10-4-3-5-12(7-6-10)14-9-11(2)8-13/h8,11-13H,1,3-7,9H2,2H3/t11-,12?/m1/s1. The molecule has 1 fully saturated rings. The highest BCUT2D eigenvalue weighted by atomic mass is 16.5. The smallest absolute Gasteiger partial charge is 0.0578 e. The van der Waals surface area contributed by atoms with Crippen LogP contribution in [0.5, 0.6) is 0 Å². The average molecular weight is 195 g/mol. The second kappa shape index (κ2) is 5.97. The van der Waals surface area contributed by atoms with Crippen LogP contribution in [0, 0.1) is 11.3 Å². The Balaban J connectivity index is 2.23. The van der Waals surface area contributed by atoms with Gasteiger partial charge in [-0.15, -0.1) is 0 Å². The molecule has 80 valence electrons. The maximum absolute atomic E-state index is 7.08. The van der Waals surface area contributed by atoms with Gasteiger partial charge >= 0.3 is 0 Å². The molecule has 1 N–H and O–H groups in total. The normalized spacial score (nSPS) is 25.5. The fraction of sp³-hybridized carbons (Fsp3) is 0.750. The second-order valence-corrected chi connectivity index (χ2v) is 4.28. The Kier molecular flexibility index (Phi) is 4.88. The molecule has 2 heteroatoms. The summed E-state index contributed by atoms with van der Waals surface area (Å²) in [6.07, 6.45) is 7.62. The van der Waals surface area contributed by atoms with Crippen LogP contribution in [0.4, 0.5) is 0 Å². The van der Waals surface area contributed by atoms with Gasteiger partial charge in [0.25, 0.3) is 0 Å². The first-order valence-electron chi connectivity index (χ1n) is 5.51. The molecule has 0 aromatic carbocycles. The van der Waals surface area contributed by atoms with E-state index in [-0.39, 0.29) is 5.92 Å². The summed E-state index contributed by atoms with van der Waals surface area (Å²) in [7, 11) is 0. The molecule has 0 heterocycles. The first-order valence-corrected chi connectivity index (χ1v) is 5.51. The third-order valence-electron chi connectivity index (χ3n) is 2.76. The lowest BCUT2D eigenvalue weighted by molar-refractivity contribution is 0.0353. The van der Waals surface area contributed by atoms with Gasteiger partial charge in [0.2, 0.25) is 0 Å². The molecule has 2 atom stereocenters. The quantitative estimate of drug-likeness (QED) is 0.417. The van der Waals surface area contributed by atoms with Crippen LogP contribution in [0.15, 0.2) is 12.2 Å². The van der Waals surface area contributed by atoms with Crippen molar-refractivity contribution in [1.82, 2.24) is 0 Å². The van der Waals surface area contributed by atoms with Gasteiger partial charge in [-0.05, 0) is 32.1 Å². The summed E-state index contributed by atoms with van der Waals surface area (Å²) in [5.41, 5.74) is 1.37. The van der Waals surface area contributed by atoms with E-state index < -0.39 is 0 Å². The third kappa shape index (κ3) is 4.05. The van der Waals surface area contributed by atoms with E-state index in [0.717, 1.165) is 19.3 Å². The molecule has 0 aromatic rings. The average Bonchev–Trinajstić information content (AvgIpc) is 2.39. The summed E-state index contributed by atoms with van der Waals surface area (Å²) in [5, 5.41) is 7.08. The highest BCUT2D eigenvalue weighted by Gasteiger charge is 2.14. The largest absolute Gasteiger partial charge is 0.378 e. The number of ether oxygens (including phenoxy) is 1. The van der Waals surface area contributed by atoms with Crippen LogP contribution in [-0.2, 0) is 4.74 Å². The summed E-state index contributed by atoms with van der Waals surface area (Å²) in [5.74, 6) is 0.251. The number of rotatable bonds is 4. The lowest BCUT2D eigenvalue weighted by atomic mass is 10.1. The summed E-state index contributed by atoms with van der Waals surface area (Å²) in [6, 6.07) is 0. The predicted molar refractivity (Wildman–Crippen MR) is 59.9 cm³/mol. The summed E-state index contributed by atoms with van der Waals surface area (Å²) >= 11 is 0. The molecule has 1 saturated carbocycles. The maximum Gasteiger partial charge on any atom is 0.0578 e. The van der Waals surface area contributed by atoms with Crippen LogP contribution in [0.2, 0.25) is 0 Å².